The topological polar surface area (TPSA) is 83.3 Å². The van der Waals surface area contributed by atoms with Crippen molar-refractivity contribution in [1.29, 1.82) is 0 Å². The van der Waals surface area contributed by atoms with Crippen molar-refractivity contribution in [3.63, 3.8) is 0 Å². The zero-order chi connectivity index (χ0) is 18.9. The number of aryl methyl sites for hydroxylation is 1. The Labute approximate surface area is 145 Å². The lowest BCUT2D eigenvalue weighted by Gasteiger charge is -2.08. The van der Waals surface area contributed by atoms with E-state index in [0.717, 1.165) is 34.3 Å². The molecule has 6 nitrogen and oxygen atoms in total. The number of nitrogens with one attached hydrogen (secondary N) is 2. The van der Waals surface area contributed by atoms with Crippen molar-refractivity contribution < 1.29 is 18.1 Å². The molecule has 0 amide bonds. The van der Waals surface area contributed by atoms with E-state index in [4.69, 9.17) is 0 Å². The zero-order valence-corrected chi connectivity index (χ0v) is 13.5. The van der Waals surface area contributed by atoms with Gasteiger partial charge in [0.05, 0.1) is 16.7 Å². The standard InChI is InChI=1S/C17H13F3N4O2/c1-10-13(12-4-2-3-5-14(12)22-10)9-21-23-15-7-6-11(17(18,19)20)8-16(15)24(25)26/h2-9,22-23H,1H3/b21-9-. The quantitative estimate of drug-likeness (QED) is 0.395. The minimum atomic E-state index is -4.66. The van der Waals surface area contributed by atoms with Gasteiger partial charge in [-0.25, -0.2) is 0 Å². The molecule has 0 saturated heterocycles. The first-order valence-corrected chi connectivity index (χ1v) is 7.49. The fraction of sp³-hybridized carbons (Fsp3) is 0.118. The summed E-state index contributed by atoms with van der Waals surface area (Å²) in [5.74, 6) is 0. The number of hydrogen-bond donors (Lipinski definition) is 2. The predicted molar refractivity (Wildman–Crippen MR) is 92.4 cm³/mol. The van der Waals surface area contributed by atoms with Crippen LogP contribution in [0.25, 0.3) is 10.9 Å². The van der Waals surface area contributed by atoms with Gasteiger partial charge in [-0.15, -0.1) is 0 Å². The minimum absolute atomic E-state index is 0.128. The number of aromatic nitrogens is 1. The van der Waals surface area contributed by atoms with Crippen molar-refractivity contribution in [2.45, 2.75) is 13.1 Å². The fourth-order valence-corrected chi connectivity index (χ4v) is 2.58. The maximum atomic E-state index is 12.7. The molecule has 0 fully saturated rings. The molecule has 2 N–H and O–H groups in total. The van der Waals surface area contributed by atoms with E-state index in [1.807, 2.05) is 31.2 Å². The number of H-pyrrole nitrogens is 1. The van der Waals surface area contributed by atoms with Gasteiger partial charge in [-0.05, 0) is 25.1 Å². The number of halogens is 3. The van der Waals surface area contributed by atoms with Gasteiger partial charge in [0.1, 0.15) is 5.69 Å². The summed E-state index contributed by atoms with van der Waals surface area (Å²) < 4.78 is 38.2. The Morgan fingerprint density at radius 3 is 2.65 bits per heavy atom. The van der Waals surface area contributed by atoms with Crippen LogP contribution in [0.4, 0.5) is 24.5 Å². The molecule has 0 atom stereocenters. The SMILES string of the molecule is Cc1[nH]c2ccccc2c1/C=N\Nc1ccc(C(F)(F)F)cc1[N+](=O)[O-]. The highest BCUT2D eigenvalue weighted by Gasteiger charge is 2.33. The van der Waals surface area contributed by atoms with Crippen molar-refractivity contribution in [1.82, 2.24) is 4.98 Å². The Morgan fingerprint density at radius 1 is 1.23 bits per heavy atom. The molecule has 1 heterocycles. The Kier molecular flexibility index (Phi) is 4.37. The average molecular weight is 362 g/mol. The molecule has 9 heteroatoms. The summed E-state index contributed by atoms with van der Waals surface area (Å²) in [6.07, 6.45) is -3.19. The third-order valence-corrected chi connectivity index (χ3v) is 3.84. The molecule has 0 bridgehead atoms. The van der Waals surface area contributed by atoms with Crippen LogP contribution in [0, 0.1) is 17.0 Å². The van der Waals surface area contributed by atoms with Crippen molar-refractivity contribution in [2.24, 2.45) is 5.10 Å². The molecule has 0 aliphatic rings. The van der Waals surface area contributed by atoms with Gasteiger partial charge >= 0.3 is 6.18 Å². The number of hydrogen-bond acceptors (Lipinski definition) is 4. The van der Waals surface area contributed by atoms with Crippen LogP contribution in [0.3, 0.4) is 0 Å². The molecular weight excluding hydrogens is 349 g/mol. The van der Waals surface area contributed by atoms with E-state index in [9.17, 15) is 23.3 Å². The van der Waals surface area contributed by atoms with Gasteiger partial charge in [-0.1, -0.05) is 18.2 Å². The van der Waals surface area contributed by atoms with Crippen LogP contribution in [0.5, 0.6) is 0 Å². The number of fused-ring (bicyclic) bond motifs is 1. The average Bonchev–Trinajstić information content (AvgIpc) is 2.89. The van der Waals surface area contributed by atoms with Gasteiger partial charge in [0.15, 0.2) is 0 Å². The van der Waals surface area contributed by atoms with Crippen molar-refractivity contribution in [3.8, 4) is 0 Å². The number of nitrogens with zero attached hydrogens (tertiary/aromatic N) is 2. The van der Waals surface area contributed by atoms with Crippen LogP contribution in [-0.2, 0) is 6.18 Å². The summed E-state index contributed by atoms with van der Waals surface area (Å²) in [7, 11) is 0. The van der Waals surface area contributed by atoms with Crippen LogP contribution in [-0.4, -0.2) is 16.1 Å². The molecule has 0 aliphatic heterocycles. The van der Waals surface area contributed by atoms with E-state index < -0.39 is 22.4 Å². The molecule has 0 saturated carbocycles. The number of nitro groups is 1. The lowest BCUT2D eigenvalue weighted by Crippen LogP contribution is -2.06. The molecule has 2 aromatic carbocycles. The maximum Gasteiger partial charge on any atom is 0.416 e. The monoisotopic (exact) mass is 362 g/mol. The van der Waals surface area contributed by atoms with Gasteiger partial charge in [0, 0.05) is 28.2 Å². The fourth-order valence-electron chi connectivity index (χ4n) is 2.58. The second-order valence-corrected chi connectivity index (χ2v) is 5.57. The second-order valence-electron chi connectivity index (χ2n) is 5.57. The van der Waals surface area contributed by atoms with Crippen molar-refractivity contribution in [3.05, 3.63) is 69.4 Å². The van der Waals surface area contributed by atoms with E-state index in [1.54, 1.807) is 0 Å². The Bertz CT molecular complexity index is 1010. The van der Waals surface area contributed by atoms with E-state index in [1.165, 1.54) is 6.21 Å². The number of aromatic amines is 1. The third-order valence-electron chi connectivity index (χ3n) is 3.84. The van der Waals surface area contributed by atoms with Gasteiger partial charge in [-0.2, -0.15) is 18.3 Å². The molecule has 26 heavy (non-hydrogen) atoms. The van der Waals surface area contributed by atoms with Crippen LogP contribution in [0.15, 0.2) is 47.6 Å². The number of rotatable bonds is 4. The third kappa shape index (κ3) is 3.37. The number of benzene rings is 2. The summed E-state index contributed by atoms with van der Waals surface area (Å²) in [5, 5.41) is 15.9. The van der Waals surface area contributed by atoms with E-state index in [0.29, 0.717) is 6.07 Å². The lowest BCUT2D eigenvalue weighted by atomic mass is 10.1. The molecular formula is C17H13F3N4O2. The van der Waals surface area contributed by atoms with Crippen LogP contribution >= 0.6 is 0 Å². The molecule has 0 unspecified atom stereocenters. The first-order valence-electron chi connectivity index (χ1n) is 7.49. The van der Waals surface area contributed by atoms with Gasteiger partial charge < -0.3 is 4.98 Å². The number of hydrazone groups is 1. The van der Waals surface area contributed by atoms with Gasteiger partial charge in [0.25, 0.3) is 5.69 Å². The van der Waals surface area contributed by atoms with Gasteiger partial charge in [-0.3, -0.25) is 15.5 Å². The van der Waals surface area contributed by atoms with E-state index >= 15 is 0 Å². The van der Waals surface area contributed by atoms with Crippen LogP contribution < -0.4 is 5.43 Å². The predicted octanol–water partition coefficient (Wildman–Crippen LogP) is 4.85. The Balaban J connectivity index is 1.90. The Morgan fingerprint density at radius 2 is 1.96 bits per heavy atom. The molecule has 134 valence electrons. The van der Waals surface area contributed by atoms with Gasteiger partial charge in [0.2, 0.25) is 0 Å². The molecule has 1 aromatic heterocycles. The molecule has 0 spiro atoms. The molecule has 3 rings (SSSR count). The highest BCUT2D eigenvalue weighted by Crippen LogP contribution is 2.35. The normalized spacial score (nSPS) is 12.0. The summed E-state index contributed by atoms with van der Waals surface area (Å²) in [4.78, 5) is 13.4. The van der Waals surface area contributed by atoms with Crippen molar-refractivity contribution in [2.75, 3.05) is 5.43 Å². The summed E-state index contributed by atoms with van der Waals surface area (Å²) >= 11 is 0. The molecule has 3 aromatic rings. The Hall–Kier alpha value is -3.36. The van der Waals surface area contributed by atoms with E-state index in [2.05, 4.69) is 15.5 Å². The first kappa shape index (κ1) is 17.5. The first-order chi connectivity index (χ1) is 12.3. The second kappa shape index (κ2) is 6.51. The number of nitro benzene ring substituents is 1. The van der Waals surface area contributed by atoms with Crippen LogP contribution in [0.2, 0.25) is 0 Å². The van der Waals surface area contributed by atoms with E-state index in [-0.39, 0.29) is 5.69 Å². The summed E-state index contributed by atoms with van der Waals surface area (Å²) in [5.41, 5.74) is 3.06. The lowest BCUT2D eigenvalue weighted by molar-refractivity contribution is -0.384. The number of anilines is 1. The number of para-hydroxylation sites is 1. The zero-order valence-electron chi connectivity index (χ0n) is 13.5. The largest absolute Gasteiger partial charge is 0.416 e. The smallest absolute Gasteiger partial charge is 0.358 e. The minimum Gasteiger partial charge on any atom is -0.358 e. The highest BCUT2D eigenvalue weighted by atomic mass is 19.4. The summed E-state index contributed by atoms with van der Waals surface area (Å²) in [6.45, 7) is 1.85. The number of alkyl halides is 3. The summed E-state index contributed by atoms with van der Waals surface area (Å²) in [6, 6.07) is 9.76. The highest BCUT2D eigenvalue weighted by molar-refractivity contribution is 6.00. The maximum absolute atomic E-state index is 12.7. The molecule has 0 aliphatic carbocycles. The van der Waals surface area contributed by atoms with Crippen molar-refractivity contribution >= 4 is 28.5 Å². The van der Waals surface area contributed by atoms with Crippen LogP contribution in [0.1, 0.15) is 16.8 Å². The molecule has 0 radical (unpaired) electrons.